The van der Waals surface area contributed by atoms with Crippen LogP contribution in [0.4, 0.5) is 0 Å². The third-order valence-electron chi connectivity index (χ3n) is 3.32. The summed E-state index contributed by atoms with van der Waals surface area (Å²) in [7, 11) is 0. The maximum Gasteiger partial charge on any atom is 0.320 e. The minimum atomic E-state index is -0.909. The van der Waals surface area contributed by atoms with Crippen LogP contribution in [0, 0.1) is 0 Å². The monoisotopic (exact) mass is 265 g/mol. The van der Waals surface area contributed by atoms with Crippen molar-refractivity contribution in [1.82, 2.24) is 0 Å². The number of aliphatic carboxylic acids is 1. The van der Waals surface area contributed by atoms with E-state index in [0.29, 0.717) is 6.42 Å². The number of aryl methyl sites for hydroxylation is 2. The Morgan fingerprint density at radius 2 is 2.17 bits per heavy atom. The summed E-state index contributed by atoms with van der Waals surface area (Å²) in [6, 6.07) is 6.00. The van der Waals surface area contributed by atoms with Gasteiger partial charge in [-0.2, -0.15) is 11.8 Å². The molecule has 1 aliphatic rings. The van der Waals surface area contributed by atoms with Crippen LogP contribution in [0.1, 0.15) is 29.5 Å². The van der Waals surface area contributed by atoms with Crippen LogP contribution >= 0.6 is 11.8 Å². The summed E-state index contributed by atoms with van der Waals surface area (Å²) in [5, 5.41) is 8.67. The van der Waals surface area contributed by atoms with Crippen molar-refractivity contribution < 1.29 is 9.90 Å². The number of rotatable bonds is 6. The molecule has 2 rings (SSSR count). The third-order valence-corrected chi connectivity index (χ3v) is 4.38. The second kappa shape index (κ2) is 6.25. The molecular formula is C14H19NO2S. The van der Waals surface area contributed by atoms with E-state index in [9.17, 15) is 4.79 Å². The van der Waals surface area contributed by atoms with E-state index in [0.717, 1.165) is 11.5 Å². The molecule has 0 aliphatic heterocycles. The Kier molecular flexibility index (Phi) is 4.66. The molecule has 0 fully saturated rings. The molecule has 0 spiro atoms. The van der Waals surface area contributed by atoms with Crippen molar-refractivity contribution in [3.8, 4) is 0 Å². The Hall–Kier alpha value is -1.00. The number of hydrogen-bond acceptors (Lipinski definition) is 3. The zero-order valence-electron chi connectivity index (χ0n) is 10.4. The van der Waals surface area contributed by atoms with Gasteiger partial charge in [-0.3, -0.25) is 4.79 Å². The highest BCUT2D eigenvalue weighted by atomic mass is 32.2. The molecule has 3 nitrogen and oxygen atoms in total. The van der Waals surface area contributed by atoms with Gasteiger partial charge in [0.25, 0.3) is 0 Å². The van der Waals surface area contributed by atoms with Gasteiger partial charge in [0.2, 0.25) is 0 Å². The maximum absolute atomic E-state index is 10.6. The number of thioether (sulfide) groups is 1. The summed E-state index contributed by atoms with van der Waals surface area (Å²) in [6.45, 7) is 0. The van der Waals surface area contributed by atoms with Crippen LogP contribution < -0.4 is 5.73 Å². The van der Waals surface area contributed by atoms with Gasteiger partial charge in [-0.15, -0.1) is 0 Å². The predicted molar refractivity (Wildman–Crippen MR) is 74.9 cm³/mol. The van der Waals surface area contributed by atoms with E-state index in [4.69, 9.17) is 10.8 Å². The molecule has 0 saturated carbocycles. The smallest absolute Gasteiger partial charge is 0.320 e. The largest absolute Gasteiger partial charge is 0.480 e. The maximum atomic E-state index is 10.6. The SMILES string of the molecule is NC(CCSCc1ccc2c(c1)CCC2)C(=O)O. The molecule has 1 aromatic carbocycles. The van der Waals surface area contributed by atoms with Gasteiger partial charge in [0.15, 0.2) is 0 Å². The van der Waals surface area contributed by atoms with Gasteiger partial charge < -0.3 is 10.8 Å². The minimum absolute atomic E-state index is 0.533. The zero-order valence-corrected chi connectivity index (χ0v) is 11.2. The van der Waals surface area contributed by atoms with E-state index in [1.807, 2.05) is 0 Å². The van der Waals surface area contributed by atoms with Crippen molar-refractivity contribution in [3.63, 3.8) is 0 Å². The lowest BCUT2D eigenvalue weighted by Crippen LogP contribution is -2.30. The van der Waals surface area contributed by atoms with E-state index in [1.165, 1.54) is 36.0 Å². The number of hydrogen-bond donors (Lipinski definition) is 2. The molecular weight excluding hydrogens is 246 g/mol. The molecule has 98 valence electrons. The van der Waals surface area contributed by atoms with Crippen molar-refractivity contribution in [1.29, 1.82) is 0 Å². The van der Waals surface area contributed by atoms with Gasteiger partial charge in [-0.1, -0.05) is 18.2 Å². The molecule has 1 unspecified atom stereocenters. The number of carboxylic acid groups (broad SMARTS) is 1. The summed E-state index contributed by atoms with van der Waals surface area (Å²) in [4.78, 5) is 10.6. The molecule has 1 aromatic rings. The highest BCUT2D eigenvalue weighted by Gasteiger charge is 2.12. The van der Waals surface area contributed by atoms with Crippen molar-refractivity contribution in [2.24, 2.45) is 5.73 Å². The lowest BCUT2D eigenvalue weighted by atomic mass is 10.1. The highest BCUT2D eigenvalue weighted by Crippen LogP contribution is 2.24. The number of carboxylic acids is 1. The fourth-order valence-corrected chi connectivity index (χ4v) is 3.22. The van der Waals surface area contributed by atoms with Crippen LogP contribution in [0.2, 0.25) is 0 Å². The number of carbonyl (C=O) groups is 1. The lowest BCUT2D eigenvalue weighted by Gasteiger charge is -2.07. The van der Waals surface area contributed by atoms with Crippen LogP contribution in [0.5, 0.6) is 0 Å². The second-order valence-corrected chi connectivity index (χ2v) is 5.85. The Bertz CT molecular complexity index is 434. The third kappa shape index (κ3) is 3.50. The van der Waals surface area contributed by atoms with Crippen LogP contribution in [-0.4, -0.2) is 22.9 Å². The predicted octanol–water partition coefficient (Wildman–Crippen LogP) is 2.21. The fourth-order valence-electron chi connectivity index (χ4n) is 2.24. The second-order valence-electron chi connectivity index (χ2n) is 4.74. The van der Waals surface area contributed by atoms with Gasteiger partial charge in [0.05, 0.1) is 0 Å². The minimum Gasteiger partial charge on any atom is -0.480 e. The van der Waals surface area contributed by atoms with Gasteiger partial charge in [0.1, 0.15) is 6.04 Å². The molecule has 0 bridgehead atoms. The first-order valence-corrected chi connectivity index (χ1v) is 7.49. The normalized spacial score (nSPS) is 15.4. The van der Waals surface area contributed by atoms with Gasteiger partial charge in [-0.25, -0.2) is 0 Å². The Labute approximate surface area is 112 Å². The van der Waals surface area contributed by atoms with Crippen LogP contribution in [0.3, 0.4) is 0 Å². The lowest BCUT2D eigenvalue weighted by molar-refractivity contribution is -0.138. The standard InChI is InChI=1S/C14H19NO2S/c15-13(14(16)17)6-7-18-9-10-4-5-11-2-1-3-12(11)8-10/h4-5,8,13H,1-3,6-7,9,15H2,(H,16,17). The molecule has 0 amide bonds. The number of benzene rings is 1. The van der Waals surface area contributed by atoms with E-state index >= 15 is 0 Å². The van der Waals surface area contributed by atoms with E-state index in [-0.39, 0.29) is 0 Å². The van der Waals surface area contributed by atoms with E-state index in [1.54, 1.807) is 11.8 Å². The van der Waals surface area contributed by atoms with Crippen molar-refractivity contribution in [2.75, 3.05) is 5.75 Å². The molecule has 0 heterocycles. The molecule has 1 aliphatic carbocycles. The van der Waals surface area contributed by atoms with E-state index < -0.39 is 12.0 Å². The zero-order chi connectivity index (χ0) is 13.0. The summed E-state index contributed by atoms with van der Waals surface area (Å²) in [6.07, 6.45) is 4.23. The Balaban J connectivity index is 1.75. The Morgan fingerprint density at radius 3 is 2.94 bits per heavy atom. The molecule has 1 atom stereocenters. The fraction of sp³-hybridized carbons (Fsp3) is 0.500. The van der Waals surface area contributed by atoms with Crippen LogP contribution in [0.25, 0.3) is 0 Å². The molecule has 4 heteroatoms. The van der Waals surface area contributed by atoms with Crippen molar-refractivity contribution in [2.45, 2.75) is 37.5 Å². The first kappa shape index (κ1) is 13.4. The molecule has 0 radical (unpaired) electrons. The highest BCUT2D eigenvalue weighted by molar-refractivity contribution is 7.98. The molecule has 0 aromatic heterocycles. The molecule has 18 heavy (non-hydrogen) atoms. The summed E-state index contributed by atoms with van der Waals surface area (Å²) >= 11 is 1.75. The summed E-state index contributed by atoms with van der Waals surface area (Å²) in [5.41, 5.74) is 9.79. The average Bonchev–Trinajstić information content (AvgIpc) is 2.81. The van der Waals surface area contributed by atoms with Gasteiger partial charge in [0, 0.05) is 5.75 Å². The molecule has 0 saturated heterocycles. The topological polar surface area (TPSA) is 63.3 Å². The summed E-state index contributed by atoms with van der Waals surface area (Å²) in [5.74, 6) is 0.831. The van der Waals surface area contributed by atoms with Crippen molar-refractivity contribution >= 4 is 17.7 Å². The molecule has 3 N–H and O–H groups in total. The first-order chi connectivity index (χ1) is 8.66. The van der Waals surface area contributed by atoms with E-state index in [2.05, 4.69) is 18.2 Å². The first-order valence-electron chi connectivity index (χ1n) is 6.33. The van der Waals surface area contributed by atoms with Gasteiger partial charge >= 0.3 is 5.97 Å². The van der Waals surface area contributed by atoms with Crippen molar-refractivity contribution in [3.05, 3.63) is 34.9 Å². The quantitative estimate of drug-likeness (QED) is 0.774. The average molecular weight is 265 g/mol. The van der Waals surface area contributed by atoms with Crippen LogP contribution in [0.15, 0.2) is 18.2 Å². The summed E-state index contributed by atoms with van der Waals surface area (Å²) < 4.78 is 0. The number of nitrogens with two attached hydrogens (primary N) is 1. The van der Waals surface area contributed by atoms with Gasteiger partial charge in [-0.05, 0) is 48.1 Å². The Morgan fingerprint density at radius 1 is 1.39 bits per heavy atom. The van der Waals surface area contributed by atoms with Crippen LogP contribution in [-0.2, 0) is 23.4 Å². The number of fused-ring (bicyclic) bond motifs is 1.